The molecule has 2 amide bonds. The second-order valence-electron chi connectivity index (χ2n) is 12.2. The first-order valence-electron chi connectivity index (χ1n) is 14.2. The van der Waals surface area contributed by atoms with Gasteiger partial charge >= 0.3 is 6.09 Å². The topological polar surface area (TPSA) is 53.1 Å². The van der Waals surface area contributed by atoms with Crippen LogP contribution in [0.5, 0.6) is 0 Å². The average Bonchev–Trinajstić information content (AvgIpc) is 2.89. The summed E-state index contributed by atoms with van der Waals surface area (Å²) in [6.45, 7) is 13.9. The van der Waals surface area contributed by atoms with Crippen LogP contribution in [0.3, 0.4) is 0 Å². The molecule has 2 aromatic rings. The van der Waals surface area contributed by atoms with Crippen LogP contribution in [0.25, 0.3) is 0 Å². The van der Waals surface area contributed by atoms with Crippen molar-refractivity contribution in [3.8, 4) is 0 Å². The summed E-state index contributed by atoms with van der Waals surface area (Å²) in [7, 11) is 0. The Hall–Kier alpha value is -2.86. The maximum Gasteiger partial charge on any atom is 0.410 e. The fraction of sp³-hybridized carbons (Fsp3) is 0.562. The van der Waals surface area contributed by atoms with Crippen molar-refractivity contribution in [2.24, 2.45) is 11.8 Å². The highest BCUT2D eigenvalue weighted by Crippen LogP contribution is 2.33. The van der Waals surface area contributed by atoms with E-state index in [1.54, 1.807) is 4.90 Å². The number of carbonyl (C=O) groups excluding carboxylic acids is 2. The van der Waals surface area contributed by atoms with Gasteiger partial charge in [-0.25, -0.2) is 4.79 Å². The Kier molecular flexibility index (Phi) is 9.14. The Bertz CT molecular complexity index is 1000. The van der Waals surface area contributed by atoms with Crippen LogP contribution in [0.1, 0.15) is 71.0 Å². The van der Waals surface area contributed by atoms with E-state index in [1.807, 2.05) is 20.8 Å². The average molecular weight is 520 g/mol. The summed E-state index contributed by atoms with van der Waals surface area (Å²) in [5.74, 6) is 0.936. The Morgan fingerprint density at radius 2 is 1.42 bits per heavy atom. The summed E-state index contributed by atoms with van der Waals surface area (Å²) in [4.78, 5) is 32.5. The SMILES string of the molecule is CC(C)C1CN(C(c2ccccc2)c2ccccc2)CCN1C(=O)CC1CCN(C(=O)OC(C)(C)C)CC1. The Labute approximate surface area is 228 Å². The van der Waals surface area contributed by atoms with E-state index in [2.05, 4.69) is 84.3 Å². The van der Waals surface area contributed by atoms with E-state index in [0.717, 1.165) is 32.5 Å². The van der Waals surface area contributed by atoms with Gasteiger partial charge in [-0.05, 0) is 56.6 Å². The molecule has 2 aromatic carbocycles. The van der Waals surface area contributed by atoms with Gasteiger partial charge in [0.1, 0.15) is 5.60 Å². The molecule has 2 saturated heterocycles. The molecule has 2 aliphatic heterocycles. The zero-order valence-electron chi connectivity index (χ0n) is 23.8. The molecule has 0 aromatic heterocycles. The second-order valence-corrected chi connectivity index (χ2v) is 12.2. The monoisotopic (exact) mass is 519 g/mol. The lowest BCUT2D eigenvalue weighted by atomic mass is 9.90. The van der Waals surface area contributed by atoms with Gasteiger partial charge in [-0.1, -0.05) is 74.5 Å². The molecule has 2 aliphatic rings. The largest absolute Gasteiger partial charge is 0.444 e. The second kappa shape index (κ2) is 12.3. The minimum Gasteiger partial charge on any atom is -0.444 e. The van der Waals surface area contributed by atoms with Crippen LogP contribution in [-0.2, 0) is 9.53 Å². The molecular weight excluding hydrogens is 474 g/mol. The van der Waals surface area contributed by atoms with Crippen molar-refractivity contribution >= 4 is 12.0 Å². The van der Waals surface area contributed by atoms with E-state index in [9.17, 15) is 9.59 Å². The van der Waals surface area contributed by atoms with E-state index < -0.39 is 5.60 Å². The van der Waals surface area contributed by atoms with Gasteiger partial charge in [-0.15, -0.1) is 0 Å². The quantitative estimate of drug-likeness (QED) is 0.471. The Morgan fingerprint density at radius 1 is 0.868 bits per heavy atom. The van der Waals surface area contributed by atoms with Crippen molar-refractivity contribution < 1.29 is 14.3 Å². The number of likely N-dealkylation sites (tertiary alicyclic amines) is 1. The molecule has 6 heteroatoms. The molecule has 2 fully saturated rings. The first kappa shape index (κ1) is 28.2. The number of benzene rings is 2. The smallest absolute Gasteiger partial charge is 0.410 e. The van der Waals surface area contributed by atoms with E-state index >= 15 is 0 Å². The van der Waals surface area contributed by atoms with Gasteiger partial charge < -0.3 is 14.5 Å². The molecule has 0 N–H and O–H groups in total. The van der Waals surface area contributed by atoms with Crippen molar-refractivity contribution in [3.05, 3.63) is 71.8 Å². The lowest BCUT2D eigenvalue weighted by molar-refractivity contribution is -0.139. The molecule has 0 aliphatic carbocycles. The molecule has 0 spiro atoms. The summed E-state index contributed by atoms with van der Waals surface area (Å²) in [5.41, 5.74) is 2.09. The van der Waals surface area contributed by atoms with Crippen LogP contribution in [-0.4, -0.2) is 71.1 Å². The van der Waals surface area contributed by atoms with Crippen molar-refractivity contribution in [1.29, 1.82) is 0 Å². The van der Waals surface area contributed by atoms with E-state index in [0.29, 0.717) is 31.3 Å². The maximum atomic E-state index is 13.6. The minimum atomic E-state index is -0.488. The highest BCUT2D eigenvalue weighted by atomic mass is 16.6. The zero-order chi connectivity index (χ0) is 27.3. The number of ether oxygens (including phenoxy) is 1. The van der Waals surface area contributed by atoms with Crippen LogP contribution in [0.2, 0.25) is 0 Å². The highest BCUT2D eigenvalue weighted by Gasteiger charge is 2.37. The van der Waals surface area contributed by atoms with Gasteiger partial charge in [0.2, 0.25) is 5.91 Å². The number of rotatable bonds is 6. The van der Waals surface area contributed by atoms with Gasteiger partial charge in [0.05, 0.1) is 6.04 Å². The van der Waals surface area contributed by atoms with E-state index in [1.165, 1.54) is 11.1 Å². The van der Waals surface area contributed by atoms with Gasteiger partial charge in [0, 0.05) is 45.2 Å². The minimum absolute atomic E-state index is 0.174. The standard InChI is InChI=1S/C32H45N3O3/c1-24(2)28-23-34(30(26-12-8-6-9-13-26)27-14-10-7-11-15-27)20-21-35(28)29(36)22-25-16-18-33(19-17-25)31(37)38-32(3,4)5/h6-15,24-25,28,30H,16-23H2,1-5H3. The van der Waals surface area contributed by atoms with Gasteiger partial charge in [-0.2, -0.15) is 0 Å². The summed E-state index contributed by atoms with van der Waals surface area (Å²) < 4.78 is 5.53. The molecule has 6 nitrogen and oxygen atoms in total. The van der Waals surface area contributed by atoms with Crippen molar-refractivity contribution in [1.82, 2.24) is 14.7 Å². The number of amides is 2. The van der Waals surface area contributed by atoms with Crippen LogP contribution in [0, 0.1) is 11.8 Å². The summed E-state index contributed by atoms with van der Waals surface area (Å²) in [6, 6.07) is 21.8. The van der Waals surface area contributed by atoms with Crippen molar-refractivity contribution in [3.63, 3.8) is 0 Å². The predicted octanol–water partition coefficient (Wildman–Crippen LogP) is 5.98. The van der Waals surface area contributed by atoms with Crippen LogP contribution in [0.4, 0.5) is 4.79 Å². The number of hydrogen-bond acceptors (Lipinski definition) is 4. The number of piperidine rings is 1. The third kappa shape index (κ3) is 7.16. The fourth-order valence-electron chi connectivity index (χ4n) is 5.84. The fourth-order valence-corrected chi connectivity index (χ4v) is 5.84. The lowest BCUT2D eigenvalue weighted by Crippen LogP contribution is -2.58. The molecule has 0 saturated carbocycles. The molecule has 38 heavy (non-hydrogen) atoms. The molecule has 0 bridgehead atoms. The van der Waals surface area contributed by atoms with Gasteiger partial charge in [0.25, 0.3) is 0 Å². The maximum absolute atomic E-state index is 13.6. The van der Waals surface area contributed by atoms with Crippen molar-refractivity contribution in [2.45, 2.75) is 71.6 Å². The predicted molar refractivity (Wildman–Crippen MR) is 152 cm³/mol. The highest BCUT2D eigenvalue weighted by molar-refractivity contribution is 5.77. The molecule has 206 valence electrons. The molecule has 1 unspecified atom stereocenters. The Morgan fingerprint density at radius 3 is 1.92 bits per heavy atom. The number of piperazine rings is 1. The van der Waals surface area contributed by atoms with Crippen molar-refractivity contribution in [2.75, 3.05) is 32.7 Å². The summed E-state index contributed by atoms with van der Waals surface area (Å²) >= 11 is 0. The third-order valence-electron chi connectivity index (χ3n) is 7.87. The lowest BCUT2D eigenvalue weighted by Gasteiger charge is -2.47. The van der Waals surface area contributed by atoms with Crippen LogP contribution < -0.4 is 0 Å². The van der Waals surface area contributed by atoms with Gasteiger partial charge in [0.15, 0.2) is 0 Å². The molecular formula is C32H45N3O3. The molecule has 0 radical (unpaired) electrons. The van der Waals surface area contributed by atoms with E-state index in [4.69, 9.17) is 4.74 Å². The summed E-state index contributed by atoms with van der Waals surface area (Å²) in [5, 5.41) is 0. The first-order chi connectivity index (χ1) is 18.1. The third-order valence-corrected chi connectivity index (χ3v) is 7.87. The van der Waals surface area contributed by atoms with Gasteiger partial charge in [-0.3, -0.25) is 9.69 Å². The van der Waals surface area contributed by atoms with E-state index in [-0.39, 0.29) is 24.1 Å². The zero-order valence-corrected chi connectivity index (χ0v) is 23.8. The number of hydrogen-bond donors (Lipinski definition) is 0. The number of carbonyl (C=O) groups is 2. The molecule has 1 atom stereocenters. The van der Waals surface area contributed by atoms with Crippen LogP contribution in [0.15, 0.2) is 60.7 Å². The Balaban J connectivity index is 1.39. The number of nitrogens with zero attached hydrogens (tertiary/aromatic N) is 3. The normalized spacial score (nSPS) is 19.7. The molecule has 2 heterocycles. The first-order valence-corrected chi connectivity index (χ1v) is 14.2. The summed E-state index contributed by atoms with van der Waals surface area (Å²) in [6.07, 6.45) is 2.01. The van der Waals surface area contributed by atoms with Crippen LogP contribution >= 0.6 is 0 Å². The molecule has 4 rings (SSSR count).